The number of Topliss-reactive ketones (excluding diaryl/α,β-unsaturated/α-hetero) is 1. The van der Waals surface area contributed by atoms with Crippen molar-refractivity contribution in [2.45, 2.75) is 32.6 Å². The minimum absolute atomic E-state index is 0.356. The van der Waals surface area contributed by atoms with Gasteiger partial charge in [0.25, 0.3) is 0 Å². The van der Waals surface area contributed by atoms with Crippen LogP contribution in [0.15, 0.2) is 11.0 Å². The smallest absolute Gasteiger partial charge is 0.168 e. The van der Waals surface area contributed by atoms with Crippen molar-refractivity contribution in [3.05, 3.63) is 11.0 Å². The molecule has 0 saturated heterocycles. The van der Waals surface area contributed by atoms with Crippen LogP contribution in [0, 0.1) is 0 Å². The van der Waals surface area contributed by atoms with Gasteiger partial charge in [0, 0.05) is 11.3 Å². The molecule has 0 aromatic carbocycles. The number of thioether (sulfide) groups is 1. The Hall–Kier alpha value is -0.240. The van der Waals surface area contributed by atoms with Crippen molar-refractivity contribution in [3.8, 4) is 0 Å². The SMILES string of the molecule is CCSC1=CCCCCC1=O. The highest BCUT2D eigenvalue weighted by Crippen LogP contribution is 2.23. The number of ketones is 1. The lowest BCUT2D eigenvalue weighted by molar-refractivity contribution is -0.114. The molecule has 0 N–H and O–H groups in total. The number of rotatable bonds is 2. The molecule has 2 heteroatoms. The second kappa shape index (κ2) is 4.60. The Bertz CT molecular complexity index is 172. The van der Waals surface area contributed by atoms with Gasteiger partial charge in [-0.1, -0.05) is 13.0 Å². The van der Waals surface area contributed by atoms with E-state index < -0.39 is 0 Å². The zero-order valence-corrected chi connectivity index (χ0v) is 7.75. The summed E-state index contributed by atoms with van der Waals surface area (Å²) in [6.07, 6.45) is 6.21. The van der Waals surface area contributed by atoms with Crippen LogP contribution in [0.25, 0.3) is 0 Å². The molecular weight excluding hydrogens is 156 g/mol. The minimum atomic E-state index is 0.356. The molecule has 0 atom stereocenters. The zero-order chi connectivity index (χ0) is 8.10. The van der Waals surface area contributed by atoms with Crippen molar-refractivity contribution in [1.82, 2.24) is 0 Å². The van der Waals surface area contributed by atoms with E-state index in [1.54, 1.807) is 11.8 Å². The van der Waals surface area contributed by atoms with Crippen LogP contribution in [0.2, 0.25) is 0 Å². The molecule has 1 aliphatic carbocycles. The fourth-order valence-electron chi connectivity index (χ4n) is 1.20. The lowest BCUT2D eigenvalue weighted by Gasteiger charge is -1.99. The first-order valence-electron chi connectivity index (χ1n) is 4.20. The van der Waals surface area contributed by atoms with Gasteiger partial charge < -0.3 is 0 Å². The molecule has 0 aliphatic heterocycles. The second-order valence-electron chi connectivity index (χ2n) is 2.67. The molecule has 1 aliphatic rings. The molecule has 0 unspecified atom stereocenters. The highest BCUT2D eigenvalue weighted by Gasteiger charge is 2.11. The summed E-state index contributed by atoms with van der Waals surface area (Å²) in [7, 11) is 0. The van der Waals surface area contributed by atoms with E-state index in [2.05, 4.69) is 13.0 Å². The first kappa shape index (κ1) is 8.85. The molecule has 62 valence electrons. The van der Waals surface area contributed by atoms with Gasteiger partial charge in [0.15, 0.2) is 5.78 Å². The van der Waals surface area contributed by atoms with E-state index in [1.165, 1.54) is 6.42 Å². The van der Waals surface area contributed by atoms with Crippen molar-refractivity contribution in [2.24, 2.45) is 0 Å². The van der Waals surface area contributed by atoms with Crippen molar-refractivity contribution in [2.75, 3.05) is 5.75 Å². The van der Waals surface area contributed by atoms with Gasteiger partial charge in [0.05, 0.1) is 0 Å². The molecule has 0 aromatic rings. The molecule has 0 aromatic heterocycles. The van der Waals surface area contributed by atoms with Crippen LogP contribution in [0.4, 0.5) is 0 Å². The van der Waals surface area contributed by atoms with Crippen LogP contribution in [0.1, 0.15) is 32.6 Å². The molecule has 0 heterocycles. The number of hydrogen-bond donors (Lipinski definition) is 0. The first-order valence-corrected chi connectivity index (χ1v) is 5.19. The lowest BCUT2D eigenvalue weighted by atomic mass is 10.2. The maximum Gasteiger partial charge on any atom is 0.168 e. The van der Waals surface area contributed by atoms with Gasteiger partial charge in [-0.25, -0.2) is 0 Å². The van der Waals surface area contributed by atoms with Gasteiger partial charge in [-0.05, 0) is 25.0 Å². The molecule has 0 amide bonds. The molecule has 0 bridgehead atoms. The predicted octanol–water partition coefficient (Wildman–Crippen LogP) is 2.77. The summed E-state index contributed by atoms with van der Waals surface area (Å²) in [5.74, 6) is 1.37. The highest BCUT2D eigenvalue weighted by atomic mass is 32.2. The van der Waals surface area contributed by atoms with E-state index in [0.29, 0.717) is 5.78 Å². The summed E-state index contributed by atoms with van der Waals surface area (Å²) in [6, 6.07) is 0. The van der Waals surface area contributed by atoms with Crippen LogP contribution in [0.3, 0.4) is 0 Å². The highest BCUT2D eigenvalue weighted by molar-refractivity contribution is 8.03. The van der Waals surface area contributed by atoms with Crippen LogP contribution >= 0.6 is 11.8 Å². The quantitative estimate of drug-likeness (QED) is 0.634. The number of hydrogen-bond acceptors (Lipinski definition) is 2. The third-order valence-electron chi connectivity index (χ3n) is 1.76. The second-order valence-corrected chi connectivity index (χ2v) is 3.98. The maximum absolute atomic E-state index is 11.3. The normalized spacial score (nSPS) is 19.4. The number of carbonyl (C=O) groups is 1. The molecule has 1 rings (SSSR count). The Morgan fingerprint density at radius 3 is 3.09 bits per heavy atom. The average Bonchev–Trinajstić information content (AvgIpc) is 2.18. The van der Waals surface area contributed by atoms with Crippen LogP contribution in [-0.4, -0.2) is 11.5 Å². The Morgan fingerprint density at radius 2 is 2.36 bits per heavy atom. The third-order valence-corrected chi connectivity index (χ3v) is 2.76. The molecule has 0 spiro atoms. The molecule has 0 saturated carbocycles. The largest absolute Gasteiger partial charge is 0.294 e. The third kappa shape index (κ3) is 2.70. The lowest BCUT2D eigenvalue weighted by Crippen LogP contribution is -1.97. The molecule has 0 radical (unpaired) electrons. The van der Waals surface area contributed by atoms with E-state index >= 15 is 0 Å². The summed E-state index contributed by atoms with van der Waals surface area (Å²) in [4.78, 5) is 12.3. The Morgan fingerprint density at radius 1 is 1.55 bits per heavy atom. The summed E-state index contributed by atoms with van der Waals surface area (Å²) < 4.78 is 0. The topological polar surface area (TPSA) is 17.1 Å². The molecule has 0 fully saturated rings. The Labute approximate surface area is 72.2 Å². The van der Waals surface area contributed by atoms with E-state index in [0.717, 1.165) is 29.9 Å². The molecule has 11 heavy (non-hydrogen) atoms. The van der Waals surface area contributed by atoms with Gasteiger partial charge in [-0.15, -0.1) is 11.8 Å². The zero-order valence-electron chi connectivity index (χ0n) is 6.93. The number of carbonyl (C=O) groups excluding carboxylic acids is 1. The van der Waals surface area contributed by atoms with E-state index in [1.807, 2.05) is 0 Å². The summed E-state index contributed by atoms with van der Waals surface area (Å²) >= 11 is 1.69. The van der Waals surface area contributed by atoms with Gasteiger partial charge in [-0.3, -0.25) is 4.79 Å². The summed E-state index contributed by atoms with van der Waals surface area (Å²) in [6.45, 7) is 2.09. The fourth-order valence-corrected chi connectivity index (χ4v) is 2.00. The van der Waals surface area contributed by atoms with E-state index in [-0.39, 0.29) is 0 Å². The van der Waals surface area contributed by atoms with Gasteiger partial charge in [-0.2, -0.15) is 0 Å². The maximum atomic E-state index is 11.3. The average molecular weight is 170 g/mol. The van der Waals surface area contributed by atoms with Crippen LogP contribution < -0.4 is 0 Å². The van der Waals surface area contributed by atoms with Gasteiger partial charge in [0.1, 0.15) is 0 Å². The van der Waals surface area contributed by atoms with Crippen molar-refractivity contribution in [1.29, 1.82) is 0 Å². The fraction of sp³-hybridized carbons (Fsp3) is 0.667. The summed E-state index contributed by atoms with van der Waals surface area (Å²) in [5, 5.41) is 0. The standard InChI is InChI=1S/C9H14OS/c1-2-11-9-7-5-3-4-6-8(9)10/h7H,2-6H2,1H3. The van der Waals surface area contributed by atoms with Gasteiger partial charge in [0.2, 0.25) is 0 Å². The Balaban J connectivity index is 2.55. The monoisotopic (exact) mass is 170 g/mol. The van der Waals surface area contributed by atoms with Gasteiger partial charge >= 0.3 is 0 Å². The van der Waals surface area contributed by atoms with E-state index in [4.69, 9.17) is 0 Å². The van der Waals surface area contributed by atoms with E-state index in [9.17, 15) is 4.79 Å². The van der Waals surface area contributed by atoms with Crippen LogP contribution in [-0.2, 0) is 4.79 Å². The first-order chi connectivity index (χ1) is 5.34. The summed E-state index contributed by atoms with van der Waals surface area (Å²) in [5.41, 5.74) is 0. The van der Waals surface area contributed by atoms with Crippen molar-refractivity contribution >= 4 is 17.5 Å². The van der Waals surface area contributed by atoms with Crippen LogP contribution in [0.5, 0.6) is 0 Å². The molecule has 1 nitrogen and oxygen atoms in total. The number of allylic oxidation sites excluding steroid dienone is 2. The predicted molar refractivity (Wildman–Crippen MR) is 49.7 cm³/mol. The minimum Gasteiger partial charge on any atom is -0.294 e. The van der Waals surface area contributed by atoms with Crippen molar-refractivity contribution < 1.29 is 4.79 Å². The Kier molecular flexibility index (Phi) is 3.70. The van der Waals surface area contributed by atoms with Crippen molar-refractivity contribution in [3.63, 3.8) is 0 Å². The molecular formula is C9H14OS.